The molecule has 0 amide bonds. The van der Waals surface area contributed by atoms with Crippen molar-refractivity contribution < 1.29 is 41.0 Å². The predicted molar refractivity (Wildman–Crippen MR) is 126 cm³/mol. The average Bonchev–Trinajstić information content (AvgIpc) is 2.84. The Bertz CT molecular complexity index is 1450. The van der Waals surface area contributed by atoms with Gasteiger partial charge < -0.3 is 14.6 Å². The van der Waals surface area contributed by atoms with Crippen LogP contribution in [0.1, 0.15) is 12.8 Å². The van der Waals surface area contributed by atoms with Gasteiger partial charge in [0.15, 0.2) is 11.6 Å². The second-order valence-corrected chi connectivity index (χ2v) is 10.2. The maximum Gasteiger partial charge on any atom is 0.303 e. The van der Waals surface area contributed by atoms with Gasteiger partial charge in [-0.1, -0.05) is 17.7 Å². The molecule has 1 N–H and O–H groups in total. The van der Waals surface area contributed by atoms with Crippen molar-refractivity contribution in [2.24, 2.45) is 0 Å². The summed E-state index contributed by atoms with van der Waals surface area (Å²) in [6, 6.07) is 8.87. The van der Waals surface area contributed by atoms with Crippen molar-refractivity contribution in [3.8, 4) is 22.6 Å². The Morgan fingerprint density at radius 2 is 1.89 bits per heavy atom. The predicted octanol–water partition coefficient (Wildman–Crippen LogP) is 5.25. The number of rotatable bonds is 7. The molecule has 0 bridgehead atoms. The van der Waals surface area contributed by atoms with Crippen LogP contribution in [-0.2, 0) is 14.8 Å². The summed E-state index contributed by atoms with van der Waals surface area (Å²) in [4.78, 5) is 10.8. The lowest BCUT2D eigenvalue weighted by Gasteiger charge is -2.35. The third-order valence-electron chi connectivity index (χ3n) is 5.59. The topological polar surface area (TPSA) is 93.1 Å². The number of aliphatic carboxylic acids is 1. The fraction of sp³-hybridized carbons (Fsp3) is 0.208. The van der Waals surface area contributed by atoms with E-state index in [0.29, 0.717) is 6.07 Å². The highest BCUT2D eigenvalue weighted by Crippen LogP contribution is 2.42. The Labute approximate surface area is 209 Å². The van der Waals surface area contributed by atoms with E-state index < -0.39 is 39.5 Å². The molecule has 1 heterocycles. The molecule has 0 saturated heterocycles. The fourth-order valence-electron chi connectivity index (χ4n) is 3.84. The maximum atomic E-state index is 14.1. The van der Waals surface area contributed by atoms with Gasteiger partial charge >= 0.3 is 5.97 Å². The zero-order chi connectivity index (χ0) is 26.2. The summed E-state index contributed by atoms with van der Waals surface area (Å²) >= 11 is 6.04. The van der Waals surface area contributed by atoms with Crippen LogP contribution in [-0.4, -0.2) is 39.3 Å². The van der Waals surface area contributed by atoms with E-state index in [4.69, 9.17) is 26.2 Å². The van der Waals surface area contributed by atoms with E-state index >= 15 is 0 Å². The van der Waals surface area contributed by atoms with Gasteiger partial charge in [0.1, 0.15) is 23.5 Å². The highest BCUT2D eigenvalue weighted by Gasteiger charge is 2.35. The summed E-state index contributed by atoms with van der Waals surface area (Å²) in [5.41, 5.74) is 0.232. The molecule has 7 nitrogen and oxygen atoms in total. The van der Waals surface area contributed by atoms with Crippen LogP contribution in [0.25, 0.3) is 11.1 Å². The molecule has 3 aromatic rings. The Morgan fingerprint density at radius 3 is 2.58 bits per heavy atom. The van der Waals surface area contributed by atoms with Crippen LogP contribution in [0.3, 0.4) is 0 Å². The van der Waals surface area contributed by atoms with E-state index in [-0.39, 0.29) is 57.6 Å². The minimum atomic E-state index is -4.34. The molecule has 0 saturated carbocycles. The molecule has 1 aliphatic rings. The number of nitrogens with zero attached hydrogens (tertiary/aromatic N) is 1. The standard InChI is InChI=1S/C24H19ClF3NO6S/c1-34-22-11-16(4-5-18(22)27)36(32,33)29-12-15(3-7-23(30)31)35-21-6-2-13(8-20(21)29)17-9-14(26)10-19(28)24(17)25/h2,4-6,8-11,15H,3,7,12H2,1H3,(H,30,31). The number of fused-ring (bicyclic) bond motifs is 1. The molecule has 3 aromatic carbocycles. The van der Waals surface area contributed by atoms with Crippen LogP contribution in [0, 0.1) is 17.5 Å². The minimum absolute atomic E-state index is 0.00855. The molecule has 1 atom stereocenters. The molecular formula is C24H19ClF3NO6S. The van der Waals surface area contributed by atoms with Crippen molar-refractivity contribution >= 4 is 33.3 Å². The number of anilines is 1. The number of benzene rings is 3. The summed E-state index contributed by atoms with van der Waals surface area (Å²) in [7, 11) is -3.15. The largest absolute Gasteiger partial charge is 0.494 e. The van der Waals surface area contributed by atoms with Crippen molar-refractivity contribution in [3.05, 3.63) is 71.0 Å². The van der Waals surface area contributed by atoms with E-state index in [9.17, 15) is 26.4 Å². The third kappa shape index (κ3) is 4.93. The first-order valence-electron chi connectivity index (χ1n) is 10.5. The van der Waals surface area contributed by atoms with Crippen molar-refractivity contribution in [1.29, 1.82) is 0 Å². The molecule has 0 fully saturated rings. The molecule has 4 rings (SSSR count). The molecular weight excluding hydrogens is 523 g/mol. The molecule has 1 unspecified atom stereocenters. The lowest BCUT2D eigenvalue weighted by molar-refractivity contribution is -0.137. The van der Waals surface area contributed by atoms with Gasteiger partial charge in [0.2, 0.25) is 0 Å². The first-order valence-corrected chi connectivity index (χ1v) is 12.4. The molecule has 0 radical (unpaired) electrons. The number of sulfonamides is 1. The van der Waals surface area contributed by atoms with E-state index in [2.05, 4.69) is 0 Å². The van der Waals surface area contributed by atoms with Gasteiger partial charge in [0, 0.05) is 24.1 Å². The third-order valence-corrected chi connectivity index (χ3v) is 7.75. The second-order valence-electron chi connectivity index (χ2n) is 7.94. The fourth-order valence-corrected chi connectivity index (χ4v) is 5.57. The highest BCUT2D eigenvalue weighted by atomic mass is 35.5. The first-order chi connectivity index (χ1) is 17.0. The van der Waals surface area contributed by atoms with Gasteiger partial charge in [0.05, 0.1) is 29.3 Å². The van der Waals surface area contributed by atoms with Gasteiger partial charge in [0.25, 0.3) is 10.0 Å². The minimum Gasteiger partial charge on any atom is -0.494 e. The van der Waals surface area contributed by atoms with Crippen molar-refractivity contribution in [2.45, 2.75) is 23.8 Å². The summed E-state index contributed by atoms with van der Waals surface area (Å²) in [6.07, 6.45) is -1.07. The van der Waals surface area contributed by atoms with Crippen molar-refractivity contribution in [3.63, 3.8) is 0 Å². The first kappa shape index (κ1) is 25.6. The molecule has 0 spiro atoms. The smallest absolute Gasteiger partial charge is 0.303 e. The number of carboxylic acid groups (broad SMARTS) is 1. The summed E-state index contributed by atoms with van der Waals surface area (Å²) in [5.74, 6) is -3.90. The van der Waals surface area contributed by atoms with Crippen molar-refractivity contribution in [2.75, 3.05) is 18.0 Å². The Balaban J connectivity index is 1.85. The number of halogens is 4. The Hall–Kier alpha value is -3.44. The summed E-state index contributed by atoms with van der Waals surface area (Å²) in [6.45, 7) is -0.267. The second kappa shape index (κ2) is 9.90. The highest BCUT2D eigenvalue weighted by molar-refractivity contribution is 7.92. The average molecular weight is 542 g/mol. The Kier molecular flexibility index (Phi) is 7.05. The van der Waals surface area contributed by atoms with E-state index in [1.165, 1.54) is 25.3 Å². The SMILES string of the molecule is COc1cc(S(=O)(=O)N2CC(CCC(=O)O)Oc3ccc(-c4cc(F)cc(F)c4Cl)cc32)ccc1F. The number of carboxylic acids is 1. The quantitative estimate of drug-likeness (QED) is 0.411. The van der Waals surface area contributed by atoms with Crippen LogP contribution in [0.4, 0.5) is 18.9 Å². The summed E-state index contributed by atoms with van der Waals surface area (Å²) < 4.78 is 81.0. The lowest BCUT2D eigenvalue weighted by Crippen LogP contribution is -2.43. The van der Waals surface area contributed by atoms with Gasteiger partial charge in [-0.25, -0.2) is 21.6 Å². The molecule has 0 aliphatic carbocycles. The zero-order valence-electron chi connectivity index (χ0n) is 18.7. The van der Waals surface area contributed by atoms with E-state index in [1.54, 1.807) is 0 Å². The number of hydrogen-bond acceptors (Lipinski definition) is 5. The molecule has 12 heteroatoms. The molecule has 1 aliphatic heterocycles. The normalized spacial score (nSPS) is 15.2. The van der Waals surface area contributed by atoms with Crippen LogP contribution in [0.15, 0.2) is 53.4 Å². The lowest BCUT2D eigenvalue weighted by atomic mass is 10.0. The number of ether oxygens (including phenoxy) is 2. The van der Waals surface area contributed by atoms with Gasteiger partial charge in [-0.2, -0.15) is 0 Å². The summed E-state index contributed by atoms with van der Waals surface area (Å²) in [5, 5.41) is 8.69. The monoisotopic (exact) mass is 541 g/mol. The van der Waals surface area contributed by atoms with E-state index in [0.717, 1.165) is 28.6 Å². The van der Waals surface area contributed by atoms with Gasteiger partial charge in [-0.15, -0.1) is 0 Å². The molecule has 190 valence electrons. The van der Waals surface area contributed by atoms with Crippen LogP contribution < -0.4 is 13.8 Å². The van der Waals surface area contributed by atoms with Crippen molar-refractivity contribution in [1.82, 2.24) is 0 Å². The van der Waals surface area contributed by atoms with Crippen LogP contribution in [0.5, 0.6) is 11.5 Å². The van der Waals surface area contributed by atoms with Crippen LogP contribution >= 0.6 is 11.6 Å². The number of carbonyl (C=O) groups is 1. The van der Waals surface area contributed by atoms with Gasteiger partial charge in [-0.05, 0) is 42.3 Å². The number of hydrogen-bond donors (Lipinski definition) is 1. The van der Waals surface area contributed by atoms with Gasteiger partial charge in [-0.3, -0.25) is 9.10 Å². The molecule has 0 aromatic heterocycles. The Morgan fingerprint density at radius 1 is 1.14 bits per heavy atom. The van der Waals surface area contributed by atoms with E-state index in [1.807, 2.05) is 0 Å². The number of methoxy groups -OCH3 is 1. The zero-order valence-corrected chi connectivity index (χ0v) is 20.2. The maximum absolute atomic E-state index is 14.1. The van der Waals surface area contributed by atoms with Crippen LogP contribution in [0.2, 0.25) is 5.02 Å². The molecule has 36 heavy (non-hydrogen) atoms.